The molecule has 1 N–H and O–H groups in total. The second kappa shape index (κ2) is 8.26. The molecule has 0 unspecified atom stereocenters. The van der Waals surface area contributed by atoms with Crippen molar-refractivity contribution in [2.45, 2.75) is 17.7 Å². The van der Waals surface area contributed by atoms with E-state index in [2.05, 4.69) is 5.32 Å². The Bertz CT molecular complexity index is 880. The van der Waals surface area contributed by atoms with Gasteiger partial charge in [0.1, 0.15) is 5.75 Å². The molecule has 0 saturated heterocycles. The summed E-state index contributed by atoms with van der Waals surface area (Å²) in [5, 5.41) is 2.79. The third kappa shape index (κ3) is 4.31. The molecule has 140 valence electrons. The molecular formula is C20H20N2O4S. The first-order valence-electron chi connectivity index (χ1n) is 8.52. The van der Waals surface area contributed by atoms with Crippen molar-refractivity contribution >= 4 is 35.2 Å². The highest BCUT2D eigenvalue weighted by molar-refractivity contribution is 7.99. The second-order valence-electron chi connectivity index (χ2n) is 6.11. The minimum absolute atomic E-state index is 0.115. The van der Waals surface area contributed by atoms with E-state index in [4.69, 9.17) is 4.74 Å². The molecule has 2 aromatic rings. The van der Waals surface area contributed by atoms with E-state index in [1.807, 2.05) is 24.3 Å². The lowest BCUT2D eigenvalue weighted by Gasteiger charge is -2.07. The van der Waals surface area contributed by atoms with Gasteiger partial charge in [-0.05, 0) is 54.6 Å². The van der Waals surface area contributed by atoms with E-state index in [-0.39, 0.29) is 17.7 Å². The molecule has 1 aliphatic rings. The molecule has 6 nitrogen and oxygen atoms in total. The quantitative estimate of drug-likeness (QED) is 0.450. The van der Waals surface area contributed by atoms with Crippen molar-refractivity contribution in [1.82, 2.24) is 4.90 Å². The van der Waals surface area contributed by atoms with Crippen molar-refractivity contribution in [2.24, 2.45) is 0 Å². The molecule has 27 heavy (non-hydrogen) atoms. The van der Waals surface area contributed by atoms with Gasteiger partial charge in [0.2, 0.25) is 5.91 Å². The lowest BCUT2D eigenvalue weighted by atomic mass is 10.1. The van der Waals surface area contributed by atoms with Crippen LogP contribution < -0.4 is 10.1 Å². The van der Waals surface area contributed by atoms with Crippen molar-refractivity contribution in [3.05, 3.63) is 53.6 Å². The molecule has 3 rings (SSSR count). The zero-order chi connectivity index (χ0) is 19.4. The van der Waals surface area contributed by atoms with Gasteiger partial charge in [0, 0.05) is 24.1 Å². The van der Waals surface area contributed by atoms with E-state index in [0.717, 1.165) is 27.7 Å². The minimum Gasteiger partial charge on any atom is -0.497 e. The van der Waals surface area contributed by atoms with Gasteiger partial charge in [-0.1, -0.05) is 0 Å². The van der Waals surface area contributed by atoms with E-state index in [1.165, 1.54) is 7.05 Å². The number of nitrogens with one attached hydrogen (secondary N) is 1. The topological polar surface area (TPSA) is 75.7 Å². The number of amides is 3. The summed E-state index contributed by atoms with van der Waals surface area (Å²) in [6.07, 6.45) is 1.11. The molecule has 0 atom stereocenters. The van der Waals surface area contributed by atoms with Crippen LogP contribution in [0.1, 0.15) is 33.6 Å². The van der Waals surface area contributed by atoms with Gasteiger partial charge in [0.25, 0.3) is 11.8 Å². The van der Waals surface area contributed by atoms with Gasteiger partial charge in [-0.2, -0.15) is 0 Å². The zero-order valence-corrected chi connectivity index (χ0v) is 16.0. The molecule has 0 aromatic heterocycles. The summed E-state index contributed by atoms with van der Waals surface area (Å²) in [7, 11) is 3.08. The summed E-state index contributed by atoms with van der Waals surface area (Å²) in [4.78, 5) is 38.2. The number of hydrogen-bond acceptors (Lipinski definition) is 5. The second-order valence-corrected chi connectivity index (χ2v) is 7.27. The monoisotopic (exact) mass is 384 g/mol. The van der Waals surface area contributed by atoms with Crippen LogP contribution in [0.5, 0.6) is 5.75 Å². The van der Waals surface area contributed by atoms with E-state index in [0.29, 0.717) is 23.2 Å². The van der Waals surface area contributed by atoms with Crippen LogP contribution in [0.2, 0.25) is 0 Å². The maximum Gasteiger partial charge on any atom is 0.261 e. The maximum atomic E-state index is 12.1. The number of imide groups is 1. The van der Waals surface area contributed by atoms with E-state index < -0.39 is 0 Å². The number of methoxy groups -OCH3 is 1. The molecule has 1 aliphatic heterocycles. The van der Waals surface area contributed by atoms with Crippen LogP contribution >= 0.6 is 11.8 Å². The van der Waals surface area contributed by atoms with Crippen LogP contribution in [-0.2, 0) is 4.79 Å². The fourth-order valence-electron chi connectivity index (χ4n) is 2.76. The summed E-state index contributed by atoms with van der Waals surface area (Å²) < 4.78 is 5.12. The SMILES string of the molecule is COc1ccc(SCCCC(=O)Nc2ccc3c(c2)C(=O)N(C)C3=O)cc1. The van der Waals surface area contributed by atoms with E-state index >= 15 is 0 Å². The van der Waals surface area contributed by atoms with E-state index in [9.17, 15) is 14.4 Å². The standard InChI is InChI=1S/C20H20N2O4S/c1-22-19(24)16-10-5-13(12-17(16)20(22)25)21-18(23)4-3-11-27-15-8-6-14(26-2)7-9-15/h5-10,12H,3-4,11H2,1-2H3,(H,21,23). The Morgan fingerprint density at radius 3 is 2.48 bits per heavy atom. The first-order chi connectivity index (χ1) is 13.0. The molecule has 7 heteroatoms. The predicted molar refractivity (Wildman–Crippen MR) is 104 cm³/mol. The molecular weight excluding hydrogens is 364 g/mol. The number of hydrogen-bond donors (Lipinski definition) is 1. The fraction of sp³-hybridized carbons (Fsp3) is 0.250. The highest BCUT2D eigenvalue weighted by Gasteiger charge is 2.32. The molecule has 1 heterocycles. The van der Waals surface area contributed by atoms with Crippen LogP contribution in [0, 0.1) is 0 Å². The lowest BCUT2D eigenvalue weighted by molar-refractivity contribution is -0.116. The molecule has 0 aliphatic carbocycles. The van der Waals surface area contributed by atoms with Crippen LogP contribution in [-0.4, -0.2) is 42.5 Å². The number of rotatable bonds is 7. The predicted octanol–water partition coefficient (Wildman–Crippen LogP) is 3.43. The number of anilines is 1. The Balaban J connectivity index is 1.47. The first-order valence-corrected chi connectivity index (χ1v) is 9.51. The van der Waals surface area contributed by atoms with Crippen molar-refractivity contribution in [3.63, 3.8) is 0 Å². The first kappa shape index (κ1) is 19.0. The lowest BCUT2D eigenvalue weighted by Crippen LogP contribution is -2.24. The van der Waals surface area contributed by atoms with Crippen molar-refractivity contribution in [3.8, 4) is 5.75 Å². The highest BCUT2D eigenvalue weighted by Crippen LogP contribution is 2.25. The van der Waals surface area contributed by atoms with Crippen molar-refractivity contribution < 1.29 is 19.1 Å². The Morgan fingerprint density at radius 1 is 1.07 bits per heavy atom. The normalized spacial score (nSPS) is 12.9. The summed E-state index contributed by atoms with van der Waals surface area (Å²) in [6.45, 7) is 0. The number of carbonyl (C=O) groups excluding carboxylic acids is 3. The van der Waals surface area contributed by atoms with Crippen molar-refractivity contribution in [1.29, 1.82) is 0 Å². The van der Waals surface area contributed by atoms with Gasteiger partial charge >= 0.3 is 0 Å². The van der Waals surface area contributed by atoms with Gasteiger partial charge in [-0.3, -0.25) is 19.3 Å². The van der Waals surface area contributed by atoms with Crippen molar-refractivity contribution in [2.75, 3.05) is 25.2 Å². The third-order valence-corrected chi connectivity index (χ3v) is 5.35. The molecule has 0 saturated carbocycles. The summed E-state index contributed by atoms with van der Waals surface area (Å²) in [6, 6.07) is 12.6. The van der Waals surface area contributed by atoms with Gasteiger partial charge < -0.3 is 10.1 Å². The average molecular weight is 384 g/mol. The molecule has 0 bridgehead atoms. The highest BCUT2D eigenvalue weighted by atomic mass is 32.2. The molecule has 2 aromatic carbocycles. The Morgan fingerprint density at radius 2 is 1.78 bits per heavy atom. The summed E-state index contributed by atoms with van der Waals surface area (Å²) >= 11 is 1.68. The Hall–Kier alpha value is -2.80. The number of ether oxygens (including phenoxy) is 1. The number of thioether (sulfide) groups is 1. The summed E-state index contributed by atoms with van der Waals surface area (Å²) in [5.74, 6) is 0.863. The number of carbonyl (C=O) groups is 3. The van der Waals surface area contributed by atoms with E-state index in [1.54, 1.807) is 37.1 Å². The fourth-order valence-corrected chi connectivity index (χ4v) is 3.61. The van der Waals surface area contributed by atoms with Gasteiger partial charge in [-0.25, -0.2) is 0 Å². The smallest absolute Gasteiger partial charge is 0.261 e. The number of nitrogens with zero attached hydrogens (tertiary/aromatic N) is 1. The number of fused-ring (bicyclic) bond motifs is 1. The summed E-state index contributed by atoms with van der Waals surface area (Å²) in [5.41, 5.74) is 1.23. The molecule has 3 amide bonds. The third-order valence-electron chi connectivity index (χ3n) is 4.25. The van der Waals surface area contributed by atoms with Crippen LogP contribution in [0.15, 0.2) is 47.4 Å². The number of benzene rings is 2. The Labute approximate surface area is 161 Å². The Kier molecular flexibility index (Phi) is 5.81. The molecule has 0 fully saturated rings. The van der Waals surface area contributed by atoms with Gasteiger partial charge in [0.05, 0.1) is 18.2 Å². The van der Waals surface area contributed by atoms with Gasteiger partial charge in [0.15, 0.2) is 0 Å². The van der Waals surface area contributed by atoms with Crippen LogP contribution in [0.25, 0.3) is 0 Å². The minimum atomic E-state index is -0.345. The zero-order valence-electron chi connectivity index (χ0n) is 15.2. The largest absolute Gasteiger partial charge is 0.497 e. The van der Waals surface area contributed by atoms with Crippen LogP contribution in [0.3, 0.4) is 0 Å². The average Bonchev–Trinajstić information content (AvgIpc) is 2.90. The molecule has 0 spiro atoms. The van der Waals surface area contributed by atoms with Crippen LogP contribution in [0.4, 0.5) is 5.69 Å². The maximum absolute atomic E-state index is 12.1. The van der Waals surface area contributed by atoms with Gasteiger partial charge in [-0.15, -0.1) is 11.8 Å². The molecule has 0 radical (unpaired) electrons.